The SMILES string of the molecule is O=C(COC(=O)Cc1ccccc1Cl)NC(=O)NCC(F)(F)F. The largest absolute Gasteiger partial charge is 0.455 e. The Morgan fingerprint density at radius 1 is 1.17 bits per heavy atom. The number of alkyl halides is 3. The summed E-state index contributed by atoms with van der Waals surface area (Å²) in [7, 11) is 0. The Labute approximate surface area is 133 Å². The Morgan fingerprint density at radius 2 is 1.83 bits per heavy atom. The van der Waals surface area contributed by atoms with Gasteiger partial charge in [-0.2, -0.15) is 13.2 Å². The molecule has 1 rings (SSSR count). The van der Waals surface area contributed by atoms with Gasteiger partial charge in [0.15, 0.2) is 6.61 Å². The molecule has 0 radical (unpaired) electrons. The normalized spacial score (nSPS) is 10.8. The molecule has 1 aromatic rings. The van der Waals surface area contributed by atoms with Crippen LogP contribution in [0.25, 0.3) is 0 Å². The number of carbonyl (C=O) groups excluding carboxylic acids is 3. The standard InChI is InChI=1S/C13H12ClF3N2O4/c14-9-4-2-1-3-8(9)5-11(21)23-6-10(20)19-12(22)18-7-13(15,16)17/h1-4H,5-7H2,(H2,18,19,20,22). The molecule has 23 heavy (non-hydrogen) atoms. The zero-order valence-corrected chi connectivity index (χ0v) is 12.3. The van der Waals surface area contributed by atoms with E-state index in [0.29, 0.717) is 10.6 Å². The number of urea groups is 1. The zero-order chi connectivity index (χ0) is 17.5. The summed E-state index contributed by atoms with van der Waals surface area (Å²) >= 11 is 5.84. The molecule has 10 heteroatoms. The lowest BCUT2D eigenvalue weighted by atomic mass is 10.1. The Balaban J connectivity index is 2.31. The van der Waals surface area contributed by atoms with E-state index in [1.807, 2.05) is 0 Å². The fourth-order valence-electron chi connectivity index (χ4n) is 1.38. The number of hydrogen-bond donors (Lipinski definition) is 2. The lowest BCUT2D eigenvalue weighted by Crippen LogP contribution is -2.44. The third kappa shape index (κ3) is 8.05. The number of imide groups is 1. The first kappa shape index (κ1) is 18.8. The number of hydrogen-bond acceptors (Lipinski definition) is 4. The van der Waals surface area contributed by atoms with Crippen LogP contribution in [0, 0.1) is 0 Å². The van der Waals surface area contributed by atoms with Crippen molar-refractivity contribution in [2.45, 2.75) is 12.6 Å². The van der Waals surface area contributed by atoms with E-state index in [4.69, 9.17) is 11.6 Å². The molecule has 0 saturated carbocycles. The highest BCUT2D eigenvalue weighted by atomic mass is 35.5. The number of amides is 3. The molecule has 0 unspecified atom stereocenters. The molecule has 0 saturated heterocycles. The molecule has 0 aliphatic rings. The second kappa shape index (κ2) is 8.37. The van der Waals surface area contributed by atoms with Crippen molar-refractivity contribution in [3.63, 3.8) is 0 Å². The monoisotopic (exact) mass is 352 g/mol. The van der Waals surface area contributed by atoms with Crippen LogP contribution in [0.1, 0.15) is 5.56 Å². The predicted octanol–water partition coefficient (Wildman–Crippen LogP) is 1.81. The summed E-state index contributed by atoms with van der Waals surface area (Å²) in [4.78, 5) is 33.7. The smallest absolute Gasteiger partial charge is 0.405 e. The average molecular weight is 353 g/mol. The van der Waals surface area contributed by atoms with Crippen molar-refractivity contribution in [3.05, 3.63) is 34.9 Å². The second-order valence-electron chi connectivity index (χ2n) is 4.27. The first-order valence-corrected chi connectivity index (χ1v) is 6.58. The summed E-state index contributed by atoms with van der Waals surface area (Å²) in [6, 6.07) is 5.15. The zero-order valence-electron chi connectivity index (χ0n) is 11.6. The third-order valence-corrected chi connectivity index (χ3v) is 2.73. The highest BCUT2D eigenvalue weighted by Gasteiger charge is 2.28. The van der Waals surface area contributed by atoms with Crippen LogP contribution in [0.2, 0.25) is 5.02 Å². The van der Waals surface area contributed by atoms with Crippen molar-refractivity contribution in [1.82, 2.24) is 10.6 Å². The van der Waals surface area contributed by atoms with E-state index in [0.717, 1.165) is 0 Å². The van der Waals surface area contributed by atoms with E-state index < -0.39 is 37.2 Å². The van der Waals surface area contributed by atoms with Crippen molar-refractivity contribution >= 4 is 29.5 Å². The minimum Gasteiger partial charge on any atom is -0.455 e. The number of halogens is 4. The first-order valence-electron chi connectivity index (χ1n) is 6.21. The lowest BCUT2D eigenvalue weighted by Gasteiger charge is -2.09. The van der Waals surface area contributed by atoms with Crippen LogP contribution in [0.15, 0.2) is 24.3 Å². The fraction of sp³-hybridized carbons (Fsp3) is 0.308. The van der Waals surface area contributed by atoms with E-state index in [1.165, 1.54) is 5.32 Å². The third-order valence-electron chi connectivity index (χ3n) is 2.36. The van der Waals surface area contributed by atoms with Gasteiger partial charge in [0, 0.05) is 5.02 Å². The molecule has 3 amide bonds. The maximum Gasteiger partial charge on any atom is 0.405 e. The second-order valence-corrected chi connectivity index (χ2v) is 4.68. The molecule has 0 heterocycles. The van der Waals surface area contributed by atoms with Crippen LogP contribution in [0.5, 0.6) is 0 Å². The van der Waals surface area contributed by atoms with Gasteiger partial charge in [-0.25, -0.2) is 4.79 Å². The van der Waals surface area contributed by atoms with Crippen molar-refractivity contribution in [2.24, 2.45) is 0 Å². The molecule has 0 aliphatic carbocycles. The molecule has 0 spiro atoms. The van der Waals surface area contributed by atoms with E-state index in [9.17, 15) is 27.6 Å². The van der Waals surface area contributed by atoms with Crippen LogP contribution < -0.4 is 10.6 Å². The lowest BCUT2D eigenvalue weighted by molar-refractivity contribution is -0.147. The van der Waals surface area contributed by atoms with Gasteiger partial charge in [0.1, 0.15) is 6.54 Å². The van der Waals surface area contributed by atoms with Gasteiger partial charge in [-0.1, -0.05) is 29.8 Å². The molecular weight excluding hydrogens is 341 g/mol. The summed E-state index contributed by atoms with van der Waals surface area (Å²) in [5, 5.41) is 3.37. The Bertz CT molecular complexity index is 593. The molecule has 6 nitrogen and oxygen atoms in total. The first-order chi connectivity index (χ1) is 10.7. The fourth-order valence-corrected chi connectivity index (χ4v) is 1.58. The quantitative estimate of drug-likeness (QED) is 0.792. The highest BCUT2D eigenvalue weighted by molar-refractivity contribution is 6.31. The van der Waals surface area contributed by atoms with Gasteiger partial charge in [-0.15, -0.1) is 0 Å². The predicted molar refractivity (Wildman–Crippen MR) is 73.7 cm³/mol. The van der Waals surface area contributed by atoms with Crippen LogP contribution in [0.4, 0.5) is 18.0 Å². The molecule has 1 aromatic carbocycles. The molecule has 0 bridgehead atoms. The van der Waals surface area contributed by atoms with Gasteiger partial charge < -0.3 is 10.1 Å². The highest BCUT2D eigenvalue weighted by Crippen LogP contribution is 2.15. The Hall–Kier alpha value is -2.29. The van der Waals surface area contributed by atoms with Crippen molar-refractivity contribution in [2.75, 3.05) is 13.2 Å². The summed E-state index contributed by atoms with van der Waals surface area (Å²) in [5.41, 5.74) is 0.488. The summed E-state index contributed by atoms with van der Waals surface area (Å²) in [5.74, 6) is -1.83. The van der Waals surface area contributed by atoms with Crippen molar-refractivity contribution < 1.29 is 32.3 Å². The topological polar surface area (TPSA) is 84.5 Å². The Morgan fingerprint density at radius 3 is 2.43 bits per heavy atom. The number of benzene rings is 1. The van der Waals surface area contributed by atoms with E-state index in [-0.39, 0.29) is 6.42 Å². The van der Waals surface area contributed by atoms with Crippen molar-refractivity contribution in [3.8, 4) is 0 Å². The van der Waals surface area contributed by atoms with E-state index >= 15 is 0 Å². The molecule has 0 aliphatic heterocycles. The van der Waals surface area contributed by atoms with Crippen molar-refractivity contribution in [1.29, 1.82) is 0 Å². The number of carbonyl (C=O) groups is 3. The maximum absolute atomic E-state index is 11.8. The van der Waals surface area contributed by atoms with Crippen LogP contribution in [0.3, 0.4) is 0 Å². The molecule has 0 atom stereocenters. The van der Waals surface area contributed by atoms with Gasteiger partial charge in [0.05, 0.1) is 6.42 Å². The van der Waals surface area contributed by atoms with Crippen LogP contribution in [-0.4, -0.2) is 37.2 Å². The molecule has 126 valence electrons. The molecule has 0 aromatic heterocycles. The van der Waals surface area contributed by atoms with E-state index in [2.05, 4.69) is 4.74 Å². The molecule has 0 fully saturated rings. The van der Waals surface area contributed by atoms with E-state index in [1.54, 1.807) is 29.6 Å². The summed E-state index contributed by atoms with van der Waals surface area (Å²) < 4.78 is 40.1. The summed E-state index contributed by atoms with van der Waals surface area (Å²) in [6.07, 6.45) is -4.78. The van der Waals surface area contributed by atoms with Gasteiger partial charge in [0.25, 0.3) is 5.91 Å². The summed E-state index contributed by atoms with van der Waals surface area (Å²) in [6.45, 7) is -2.39. The molecular formula is C13H12ClF3N2O4. The minimum atomic E-state index is -4.60. The van der Waals surface area contributed by atoms with Crippen LogP contribution >= 0.6 is 11.6 Å². The Kier molecular flexibility index (Phi) is 6.83. The van der Waals surface area contributed by atoms with Gasteiger partial charge >= 0.3 is 18.2 Å². The maximum atomic E-state index is 11.8. The van der Waals surface area contributed by atoms with Gasteiger partial charge in [-0.05, 0) is 11.6 Å². The van der Waals surface area contributed by atoms with Gasteiger partial charge in [0.2, 0.25) is 0 Å². The molecule has 2 N–H and O–H groups in total. The number of rotatable bonds is 5. The average Bonchev–Trinajstić information content (AvgIpc) is 2.45. The van der Waals surface area contributed by atoms with Crippen LogP contribution in [-0.2, 0) is 20.7 Å². The van der Waals surface area contributed by atoms with Gasteiger partial charge in [-0.3, -0.25) is 14.9 Å². The number of ether oxygens (including phenoxy) is 1. The number of esters is 1. The number of nitrogens with one attached hydrogen (secondary N) is 2. The minimum absolute atomic E-state index is 0.187.